The summed E-state index contributed by atoms with van der Waals surface area (Å²) in [6, 6.07) is 23.8. The Kier molecular flexibility index (Phi) is 8.84. The fraction of sp³-hybridized carbons (Fsp3) is 0.370. The van der Waals surface area contributed by atoms with E-state index in [9.17, 15) is 0 Å². The molecule has 0 radical (unpaired) electrons. The van der Waals surface area contributed by atoms with Crippen molar-refractivity contribution in [1.29, 1.82) is 0 Å². The molecule has 4 aliphatic heterocycles. The lowest BCUT2D eigenvalue weighted by molar-refractivity contribution is 0.170. The molecular formula is C54H57BN2O4S2. The van der Waals surface area contributed by atoms with E-state index in [2.05, 4.69) is 160 Å². The molecule has 2 aromatic heterocycles. The van der Waals surface area contributed by atoms with Crippen LogP contribution in [-0.2, 0) is 16.2 Å². The second-order valence-electron chi connectivity index (χ2n) is 21.2. The lowest BCUT2D eigenvalue weighted by Crippen LogP contribution is -2.59. The van der Waals surface area contributed by atoms with Gasteiger partial charge in [0.25, 0.3) is 6.71 Å². The van der Waals surface area contributed by atoms with E-state index in [-0.39, 0.29) is 23.0 Å². The summed E-state index contributed by atoms with van der Waals surface area (Å²) in [5, 5.41) is 2.59. The van der Waals surface area contributed by atoms with E-state index < -0.39 is 0 Å². The third kappa shape index (κ3) is 6.01. The number of fused-ring (bicyclic) bond motifs is 10. The van der Waals surface area contributed by atoms with Gasteiger partial charge >= 0.3 is 0 Å². The number of rotatable bonds is 2. The smallest absolute Gasteiger partial charge is 0.277 e. The normalized spacial score (nSPS) is 15.5. The Balaban J connectivity index is 1.33. The topological polar surface area (TPSA) is 43.4 Å². The Labute approximate surface area is 380 Å². The quantitative estimate of drug-likeness (QED) is 0.161. The SMILES string of the molecule is Cc1cc2c(c(C)c1N1c3cc(C(C)(C)C)cc4c3B(c3sc5ccc(C(C)(C)C)cc5c31)c1sc3ccc(C(C)(C)C)cc3c1N4c1c(C)cc3c(c1C)OCCO3)OCCO2. The third-order valence-electron chi connectivity index (χ3n) is 13.8. The van der Waals surface area contributed by atoms with Crippen LogP contribution in [0, 0.1) is 27.7 Å². The lowest BCUT2D eigenvalue weighted by Gasteiger charge is -2.44. The largest absolute Gasteiger partial charge is 0.486 e. The Morgan fingerprint density at radius 3 is 1.27 bits per heavy atom. The Hall–Kier alpha value is -5.12. The van der Waals surface area contributed by atoms with Crippen molar-refractivity contribution in [3.05, 3.63) is 99.6 Å². The number of aryl methyl sites for hydroxylation is 2. The number of ether oxygens (including phenoxy) is 4. The van der Waals surface area contributed by atoms with Crippen LogP contribution in [0.15, 0.2) is 60.7 Å². The first-order chi connectivity index (χ1) is 29.8. The summed E-state index contributed by atoms with van der Waals surface area (Å²) in [5.41, 5.74) is 16.9. The molecule has 0 aliphatic carbocycles. The van der Waals surface area contributed by atoms with Crippen LogP contribution in [0.1, 0.15) is 101 Å². The molecular weight excluding hydrogens is 816 g/mol. The van der Waals surface area contributed by atoms with Crippen molar-refractivity contribution in [2.24, 2.45) is 0 Å². The first-order valence-electron chi connectivity index (χ1n) is 22.5. The molecule has 5 aromatic carbocycles. The van der Waals surface area contributed by atoms with E-state index >= 15 is 0 Å². The van der Waals surface area contributed by atoms with Crippen molar-refractivity contribution < 1.29 is 18.9 Å². The molecule has 0 fully saturated rings. The molecule has 0 atom stereocenters. The Morgan fingerprint density at radius 1 is 0.476 bits per heavy atom. The maximum atomic E-state index is 6.49. The first kappa shape index (κ1) is 40.6. The minimum atomic E-state index is -0.168. The van der Waals surface area contributed by atoms with Crippen molar-refractivity contribution in [3.8, 4) is 23.0 Å². The number of benzene rings is 5. The maximum Gasteiger partial charge on any atom is 0.277 e. The van der Waals surface area contributed by atoms with Crippen molar-refractivity contribution in [1.82, 2.24) is 0 Å². The van der Waals surface area contributed by atoms with Gasteiger partial charge in [-0.2, -0.15) is 0 Å². The molecule has 322 valence electrons. The minimum absolute atomic E-state index is 0.00291. The molecule has 6 nitrogen and oxygen atoms in total. The number of hydrogen-bond acceptors (Lipinski definition) is 8. The lowest BCUT2D eigenvalue weighted by atomic mass is 9.39. The van der Waals surface area contributed by atoms with Crippen LogP contribution in [-0.4, -0.2) is 33.1 Å². The summed E-state index contributed by atoms with van der Waals surface area (Å²) in [5.74, 6) is 3.33. The molecule has 0 N–H and O–H groups in total. The van der Waals surface area contributed by atoms with Crippen LogP contribution in [0.3, 0.4) is 0 Å². The summed E-state index contributed by atoms with van der Waals surface area (Å²) < 4.78 is 30.8. The average molecular weight is 873 g/mol. The van der Waals surface area contributed by atoms with Gasteiger partial charge in [0.15, 0.2) is 23.0 Å². The van der Waals surface area contributed by atoms with Crippen molar-refractivity contribution >= 4 is 98.7 Å². The molecule has 9 heteroatoms. The predicted molar refractivity (Wildman–Crippen MR) is 268 cm³/mol. The molecule has 0 spiro atoms. The fourth-order valence-corrected chi connectivity index (χ4v) is 13.1. The van der Waals surface area contributed by atoms with Gasteiger partial charge in [0.05, 0.1) is 22.7 Å². The standard InChI is InChI=1S/C54H57BN2O4S2/c1-28-22-39-48(60-20-18-58-39)30(3)44(28)56-37-26-34(54(11,12)13)27-38-43(37)55(50-46(56)35-24-32(52(5,6)7)14-16-41(35)62-50)51-47(36-25-33(53(8,9)10)15-17-42(36)63-51)57(38)45-29(2)23-40-49(31(45)4)61-21-19-59-40/h14-17,22-27H,18-21H2,1-13H3. The van der Waals surface area contributed by atoms with Gasteiger partial charge in [0, 0.05) is 52.2 Å². The highest BCUT2D eigenvalue weighted by atomic mass is 32.1. The van der Waals surface area contributed by atoms with Crippen molar-refractivity contribution in [3.63, 3.8) is 0 Å². The molecule has 0 amide bonds. The van der Waals surface area contributed by atoms with Gasteiger partial charge in [-0.25, -0.2) is 0 Å². The van der Waals surface area contributed by atoms with Crippen LogP contribution in [0.4, 0.5) is 34.1 Å². The second-order valence-corrected chi connectivity index (χ2v) is 23.4. The van der Waals surface area contributed by atoms with Gasteiger partial charge in [0.1, 0.15) is 26.4 Å². The number of thiophene rings is 2. The van der Waals surface area contributed by atoms with E-state index in [0.29, 0.717) is 26.4 Å². The van der Waals surface area contributed by atoms with E-state index in [1.807, 2.05) is 22.7 Å². The molecule has 11 rings (SSSR count). The zero-order chi connectivity index (χ0) is 44.2. The van der Waals surface area contributed by atoms with Gasteiger partial charge in [0.2, 0.25) is 0 Å². The molecule has 0 unspecified atom stereocenters. The highest BCUT2D eigenvalue weighted by molar-refractivity contribution is 7.40. The number of nitrogens with zero attached hydrogens (tertiary/aromatic N) is 2. The summed E-state index contributed by atoms with van der Waals surface area (Å²) >= 11 is 3.93. The van der Waals surface area contributed by atoms with Crippen LogP contribution in [0.25, 0.3) is 20.2 Å². The summed E-state index contributed by atoms with van der Waals surface area (Å²) in [4.78, 5) is 5.26. The minimum Gasteiger partial charge on any atom is -0.486 e. The highest BCUT2D eigenvalue weighted by Gasteiger charge is 2.49. The zero-order valence-corrected chi connectivity index (χ0v) is 40.7. The van der Waals surface area contributed by atoms with Crippen LogP contribution < -0.4 is 43.8 Å². The van der Waals surface area contributed by atoms with Gasteiger partial charge in [-0.1, -0.05) is 74.4 Å². The van der Waals surface area contributed by atoms with Gasteiger partial charge < -0.3 is 28.7 Å². The molecule has 63 heavy (non-hydrogen) atoms. The maximum absolute atomic E-state index is 6.49. The predicted octanol–water partition coefficient (Wildman–Crippen LogP) is 12.9. The van der Waals surface area contributed by atoms with E-state index in [0.717, 1.165) is 56.6 Å². The van der Waals surface area contributed by atoms with Gasteiger partial charge in [-0.15, -0.1) is 22.7 Å². The van der Waals surface area contributed by atoms with Crippen LogP contribution in [0.2, 0.25) is 0 Å². The highest BCUT2D eigenvalue weighted by Crippen LogP contribution is 2.56. The molecule has 6 heterocycles. The fourth-order valence-electron chi connectivity index (χ4n) is 10.5. The van der Waals surface area contributed by atoms with E-state index in [1.165, 1.54) is 74.6 Å². The number of hydrogen-bond donors (Lipinski definition) is 0. The molecule has 0 bridgehead atoms. The third-order valence-corrected chi connectivity index (χ3v) is 16.2. The summed E-state index contributed by atoms with van der Waals surface area (Å²) in [6.45, 7) is 32.1. The monoisotopic (exact) mass is 872 g/mol. The first-order valence-corrected chi connectivity index (χ1v) is 24.2. The Morgan fingerprint density at radius 2 is 0.873 bits per heavy atom. The van der Waals surface area contributed by atoms with Gasteiger partial charge in [-0.05, 0) is 126 Å². The zero-order valence-electron chi connectivity index (χ0n) is 39.0. The molecule has 7 aromatic rings. The summed E-state index contributed by atoms with van der Waals surface area (Å²) in [6.07, 6.45) is 0. The molecule has 0 saturated carbocycles. The van der Waals surface area contributed by atoms with Crippen LogP contribution in [0.5, 0.6) is 23.0 Å². The van der Waals surface area contributed by atoms with E-state index in [4.69, 9.17) is 18.9 Å². The van der Waals surface area contributed by atoms with Crippen molar-refractivity contribution in [2.45, 2.75) is 106 Å². The second kappa shape index (κ2) is 13.7. The Bertz CT molecular complexity index is 2910. The van der Waals surface area contributed by atoms with Crippen LogP contribution >= 0.6 is 22.7 Å². The summed E-state index contributed by atoms with van der Waals surface area (Å²) in [7, 11) is 0. The van der Waals surface area contributed by atoms with Gasteiger partial charge in [-0.3, -0.25) is 0 Å². The van der Waals surface area contributed by atoms with Crippen molar-refractivity contribution in [2.75, 3.05) is 36.2 Å². The molecule has 0 saturated heterocycles. The average Bonchev–Trinajstić information content (AvgIpc) is 3.79. The number of anilines is 6. The molecule has 4 aliphatic rings. The van der Waals surface area contributed by atoms with E-state index in [1.54, 1.807) is 0 Å².